The molecule has 3 atom stereocenters. The van der Waals surface area contributed by atoms with E-state index < -0.39 is 0 Å². The molecule has 8 aromatic rings. The number of hydrogen-bond donors (Lipinski definition) is 0. The van der Waals surface area contributed by atoms with Gasteiger partial charge in [0.05, 0.1) is 0 Å². The summed E-state index contributed by atoms with van der Waals surface area (Å²) in [5, 5.41) is 2.55. The van der Waals surface area contributed by atoms with Crippen molar-refractivity contribution in [2.24, 2.45) is 11.8 Å². The van der Waals surface area contributed by atoms with Gasteiger partial charge in [-0.2, -0.15) is 0 Å². The first-order valence-corrected chi connectivity index (χ1v) is 21.0. The summed E-state index contributed by atoms with van der Waals surface area (Å²) in [7, 11) is 0. The lowest BCUT2D eigenvalue weighted by Crippen LogP contribution is -2.32. The van der Waals surface area contributed by atoms with E-state index in [1.54, 1.807) is 11.1 Å². The molecule has 8 aromatic carbocycles. The van der Waals surface area contributed by atoms with Gasteiger partial charge in [-0.1, -0.05) is 160 Å². The number of fused-ring (bicyclic) bond motifs is 12. The second kappa shape index (κ2) is 12.2. The van der Waals surface area contributed by atoms with Gasteiger partial charge in [0.1, 0.15) is 0 Å². The third kappa shape index (κ3) is 4.69. The van der Waals surface area contributed by atoms with Crippen LogP contribution >= 0.6 is 0 Å². The molecular formula is C56H45N. The maximum Gasteiger partial charge on any atom is 0.0467 e. The van der Waals surface area contributed by atoms with Crippen molar-refractivity contribution < 1.29 is 0 Å². The third-order valence-electron chi connectivity index (χ3n) is 14.5. The monoisotopic (exact) mass is 731 g/mol. The molecule has 0 saturated heterocycles. The highest BCUT2D eigenvalue weighted by Crippen LogP contribution is 2.66. The molecule has 1 heteroatoms. The normalized spacial score (nSPS) is 20.4. The van der Waals surface area contributed by atoms with Crippen molar-refractivity contribution in [1.82, 2.24) is 0 Å². The predicted molar refractivity (Wildman–Crippen MR) is 239 cm³/mol. The molecule has 2 fully saturated rings. The summed E-state index contributed by atoms with van der Waals surface area (Å²) in [6.07, 6.45) is 5.36. The first-order valence-electron chi connectivity index (χ1n) is 21.0. The Labute approximate surface area is 336 Å². The van der Waals surface area contributed by atoms with Gasteiger partial charge in [-0.25, -0.2) is 0 Å². The number of benzene rings is 8. The molecule has 3 unspecified atom stereocenters. The molecule has 0 radical (unpaired) electrons. The fourth-order valence-electron chi connectivity index (χ4n) is 12.1. The van der Waals surface area contributed by atoms with Gasteiger partial charge >= 0.3 is 0 Å². The van der Waals surface area contributed by atoms with Crippen LogP contribution in [0.25, 0.3) is 55.3 Å². The van der Waals surface area contributed by atoms with Gasteiger partial charge in [0.25, 0.3) is 0 Å². The van der Waals surface area contributed by atoms with Gasteiger partial charge in [0.15, 0.2) is 0 Å². The van der Waals surface area contributed by atoms with Crippen LogP contribution in [0.5, 0.6) is 0 Å². The number of hydrogen-bond acceptors (Lipinski definition) is 1. The molecule has 274 valence electrons. The number of anilines is 3. The van der Waals surface area contributed by atoms with Crippen LogP contribution in [0.3, 0.4) is 0 Å². The van der Waals surface area contributed by atoms with Crippen molar-refractivity contribution >= 4 is 27.8 Å². The maximum atomic E-state index is 2.58. The Bertz CT molecular complexity index is 2910. The zero-order valence-corrected chi connectivity index (χ0v) is 32.7. The predicted octanol–water partition coefficient (Wildman–Crippen LogP) is 15.0. The Hall–Kier alpha value is -6.18. The van der Waals surface area contributed by atoms with Crippen LogP contribution in [0.2, 0.25) is 0 Å². The molecule has 0 aliphatic heterocycles. The summed E-state index contributed by atoms with van der Waals surface area (Å²) in [5.41, 5.74) is 20.2. The van der Waals surface area contributed by atoms with Crippen LogP contribution in [0, 0.1) is 11.8 Å². The average Bonchev–Trinajstić information content (AvgIpc) is 4.01. The summed E-state index contributed by atoms with van der Waals surface area (Å²) < 4.78 is 0. The molecule has 1 spiro atoms. The molecule has 0 N–H and O–H groups in total. The lowest BCUT2D eigenvalue weighted by molar-refractivity contribution is 0.327. The Morgan fingerprint density at radius 1 is 0.456 bits per heavy atom. The topological polar surface area (TPSA) is 3.24 Å². The fraction of sp³-hybridized carbons (Fsp3) is 0.179. The van der Waals surface area contributed by atoms with Gasteiger partial charge in [-0.05, 0) is 145 Å². The molecule has 12 rings (SSSR count). The summed E-state index contributed by atoms with van der Waals surface area (Å²) in [6, 6.07) is 66.6. The van der Waals surface area contributed by atoms with Gasteiger partial charge in [0, 0.05) is 27.9 Å². The SMILES string of the molecule is CC1(C)c2ccccc2-c2cccc(-c3cccc(N(c4ccc(-c5cccc6ccccc56)cc4)c4ccc5c(c4)C4(CC6CCC4C6)c4ccccc4-5)c3)c21. The molecule has 57 heavy (non-hydrogen) atoms. The van der Waals surface area contributed by atoms with Crippen molar-refractivity contribution in [2.75, 3.05) is 4.90 Å². The van der Waals surface area contributed by atoms with E-state index in [2.05, 4.69) is 195 Å². The summed E-state index contributed by atoms with van der Waals surface area (Å²) >= 11 is 0. The molecule has 2 bridgehead atoms. The second-order valence-corrected chi connectivity index (χ2v) is 17.7. The highest BCUT2D eigenvalue weighted by molar-refractivity contribution is 5.97. The van der Waals surface area contributed by atoms with Gasteiger partial charge in [-0.3, -0.25) is 0 Å². The maximum absolute atomic E-state index is 2.58. The van der Waals surface area contributed by atoms with Gasteiger partial charge in [-0.15, -0.1) is 0 Å². The molecule has 4 aliphatic rings. The minimum atomic E-state index is -0.0976. The van der Waals surface area contributed by atoms with Crippen LogP contribution in [0.15, 0.2) is 176 Å². The van der Waals surface area contributed by atoms with E-state index in [0.29, 0.717) is 5.92 Å². The summed E-state index contributed by atoms with van der Waals surface area (Å²) in [6.45, 7) is 4.78. The van der Waals surface area contributed by atoms with Crippen molar-refractivity contribution in [3.63, 3.8) is 0 Å². The largest absolute Gasteiger partial charge is 0.310 e. The van der Waals surface area contributed by atoms with E-state index in [1.165, 1.54) is 109 Å². The molecular weight excluding hydrogens is 687 g/mol. The van der Waals surface area contributed by atoms with Gasteiger partial charge in [0.2, 0.25) is 0 Å². The molecule has 1 nitrogen and oxygen atoms in total. The zero-order valence-electron chi connectivity index (χ0n) is 32.7. The van der Waals surface area contributed by atoms with E-state index in [9.17, 15) is 0 Å². The summed E-state index contributed by atoms with van der Waals surface area (Å²) in [5.74, 6) is 1.54. The lowest BCUT2D eigenvalue weighted by atomic mass is 9.67. The standard InChI is InChI=1S/C56H45N/c1-55(2)51-22-7-5-18-48(51)50-21-11-20-46(54(50)55)39-14-9-15-42(33-39)57(41-28-25-38(26-29-41)45-19-10-13-37-12-3-4-16-44(37)45)43-30-31-49-47-17-6-8-23-52(47)56(53(49)34-43)35-36-24-27-40(56)32-36/h3-23,25-26,28-31,33-34,36,40H,24,27,32,35H2,1-2H3. The van der Waals surface area contributed by atoms with E-state index in [0.717, 1.165) is 5.92 Å². The number of rotatable bonds is 5. The Kier molecular flexibility index (Phi) is 7.04. The van der Waals surface area contributed by atoms with Crippen LogP contribution in [-0.2, 0) is 10.8 Å². The summed E-state index contributed by atoms with van der Waals surface area (Å²) in [4.78, 5) is 2.52. The molecule has 2 saturated carbocycles. The van der Waals surface area contributed by atoms with Gasteiger partial charge < -0.3 is 4.90 Å². The lowest BCUT2D eigenvalue weighted by Gasteiger charge is -2.37. The number of nitrogens with zero attached hydrogens (tertiary/aromatic N) is 1. The van der Waals surface area contributed by atoms with E-state index in [-0.39, 0.29) is 10.8 Å². The molecule has 0 aromatic heterocycles. The highest BCUT2D eigenvalue weighted by Gasteiger charge is 2.56. The highest BCUT2D eigenvalue weighted by atomic mass is 15.1. The van der Waals surface area contributed by atoms with Crippen LogP contribution in [-0.4, -0.2) is 0 Å². The van der Waals surface area contributed by atoms with E-state index in [4.69, 9.17) is 0 Å². The first kappa shape index (κ1) is 33.0. The molecule has 0 amide bonds. The average molecular weight is 732 g/mol. The van der Waals surface area contributed by atoms with Crippen LogP contribution < -0.4 is 4.90 Å². The third-order valence-corrected chi connectivity index (χ3v) is 14.5. The fourth-order valence-corrected chi connectivity index (χ4v) is 12.1. The smallest absolute Gasteiger partial charge is 0.0467 e. The van der Waals surface area contributed by atoms with Crippen molar-refractivity contribution in [1.29, 1.82) is 0 Å². The van der Waals surface area contributed by atoms with Crippen molar-refractivity contribution in [3.05, 3.63) is 198 Å². The Balaban J connectivity index is 1.03. The Morgan fingerprint density at radius 2 is 1.09 bits per heavy atom. The molecule has 0 heterocycles. The second-order valence-electron chi connectivity index (χ2n) is 17.7. The van der Waals surface area contributed by atoms with Crippen LogP contribution in [0.4, 0.5) is 17.1 Å². The zero-order chi connectivity index (χ0) is 37.9. The van der Waals surface area contributed by atoms with Crippen molar-refractivity contribution in [3.8, 4) is 44.5 Å². The van der Waals surface area contributed by atoms with E-state index >= 15 is 0 Å². The first-order chi connectivity index (χ1) is 28.0. The molecule has 4 aliphatic carbocycles. The Morgan fingerprint density at radius 3 is 1.91 bits per heavy atom. The quantitative estimate of drug-likeness (QED) is 0.170. The van der Waals surface area contributed by atoms with E-state index in [1.807, 2.05) is 0 Å². The van der Waals surface area contributed by atoms with Crippen molar-refractivity contribution in [2.45, 2.75) is 50.4 Å². The minimum Gasteiger partial charge on any atom is -0.310 e. The minimum absolute atomic E-state index is 0.0976. The van der Waals surface area contributed by atoms with Crippen LogP contribution in [0.1, 0.15) is 61.8 Å².